The maximum absolute atomic E-state index is 10.8. The number of unbranched alkanes of at least 4 members (excludes halogenated alkanes) is 16. The first-order valence-corrected chi connectivity index (χ1v) is 10.5. The van der Waals surface area contributed by atoms with Crippen LogP contribution in [0.2, 0.25) is 0 Å². The van der Waals surface area contributed by atoms with Crippen LogP contribution >= 0.6 is 0 Å². The molecule has 0 amide bonds. The molecule has 0 aliphatic rings. The molecule has 0 rings (SSSR count). The smallest absolute Gasteiger partial charge is 0.303 e. The zero-order valence-corrected chi connectivity index (χ0v) is 16.1. The Morgan fingerprint density at radius 3 is 1.21 bits per heavy atom. The van der Waals surface area contributed by atoms with E-state index in [2.05, 4.69) is 6.92 Å². The minimum atomic E-state index is -2.82. The number of hydrogen-bond acceptors (Lipinski definition) is 1. The first kappa shape index (κ1) is 16.9. The lowest BCUT2D eigenvalue weighted by atomic mass is 10.0. The number of carboxylic acids is 1. The summed E-state index contributed by atoms with van der Waals surface area (Å²) in [7, 11) is 0. The van der Waals surface area contributed by atoms with E-state index in [1.165, 1.54) is 83.5 Å². The lowest BCUT2D eigenvalue weighted by Crippen LogP contribution is -1.93. The van der Waals surface area contributed by atoms with Crippen molar-refractivity contribution in [1.29, 1.82) is 0 Å². The molecule has 0 saturated carbocycles. The molecule has 0 unspecified atom stereocenters. The maximum atomic E-state index is 10.8. The summed E-state index contributed by atoms with van der Waals surface area (Å²) in [5.74, 6) is -1.72. The average Bonchev–Trinajstić information content (AvgIpc) is 2.63. The molecule has 0 aromatic rings. The first-order valence-electron chi connectivity index (χ1n) is 12.5. The van der Waals surface area contributed by atoms with Crippen molar-refractivity contribution in [3.63, 3.8) is 0 Å². The molecular formula is C22H44O2. The normalized spacial score (nSPS) is 14.7. The monoisotopic (exact) mass is 344 g/mol. The molecule has 0 spiro atoms. The number of carboxylic acid groups (broad SMARTS) is 1. The minimum absolute atomic E-state index is 0.0368. The second-order valence-electron chi connectivity index (χ2n) is 7.01. The van der Waals surface area contributed by atoms with Gasteiger partial charge in [0, 0.05) is 11.9 Å². The van der Waals surface area contributed by atoms with Gasteiger partial charge in [0.15, 0.2) is 0 Å². The predicted molar refractivity (Wildman–Crippen MR) is 106 cm³/mol. The zero-order chi connectivity index (χ0) is 21.3. The summed E-state index contributed by atoms with van der Waals surface area (Å²) < 4.78 is 30.1. The van der Waals surface area contributed by atoms with Crippen LogP contribution in [0.3, 0.4) is 0 Å². The van der Waals surface area contributed by atoms with Gasteiger partial charge in [0.25, 0.3) is 0 Å². The van der Waals surface area contributed by atoms with E-state index in [4.69, 9.17) is 10.6 Å². The standard InChI is InChI=1S/C22H44O2/c1-2-3-4-5-6-7-8-9-10-11-12-13-14-15-16-17-18-19-20-21-22(23)24/h2-21H2,1H3,(H,23,24)/i20D2,21D2. The summed E-state index contributed by atoms with van der Waals surface area (Å²) in [5, 5.41) is 8.81. The van der Waals surface area contributed by atoms with Crippen LogP contribution in [0.15, 0.2) is 0 Å². The van der Waals surface area contributed by atoms with Gasteiger partial charge in [-0.3, -0.25) is 4.79 Å². The van der Waals surface area contributed by atoms with Gasteiger partial charge in [-0.25, -0.2) is 0 Å². The third kappa shape index (κ3) is 21.5. The fraction of sp³-hybridized carbons (Fsp3) is 0.955. The fourth-order valence-corrected chi connectivity index (χ4v) is 3.08. The SMILES string of the molecule is [2H]C([2H])(CCCCCCCCCCCCCCCCCCC)C([2H])([2H])C(=O)O. The number of hydrogen-bond donors (Lipinski definition) is 1. The zero-order valence-electron chi connectivity index (χ0n) is 20.1. The van der Waals surface area contributed by atoms with E-state index < -0.39 is 18.7 Å². The Morgan fingerprint density at radius 2 is 0.917 bits per heavy atom. The van der Waals surface area contributed by atoms with E-state index >= 15 is 0 Å². The van der Waals surface area contributed by atoms with Gasteiger partial charge in [0.1, 0.15) is 0 Å². The fourth-order valence-electron chi connectivity index (χ4n) is 3.08. The summed E-state index contributed by atoms with van der Waals surface area (Å²) in [5.41, 5.74) is 0. The summed E-state index contributed by atoms with van der Waals surface area (Å²) in [6, 6.07) is 0. The van der Waals surface area contributed by atoms with Crippen molar-refractivity contribution in [3.8, 4) is 0 Å². The van der Waals surface area contributed by atoms with Crippen molar-refractivity contribution in [2.24, 2.45) is 0 Å². The molecule has 0 atom stereocenters. The average molecular weight is 345 g/mol. The summed E-state index contributed by atoms with van der Waals surface area (Å²) >= 11 is 0. The molecule has 0 fully saturated rings. The highest BCUT2D eigenvalue weighted by molar-refractivity contribution is 5.66. The minimum Gasteiger partial charge on any atom is -0.481 e. The van der Waals surface area contributed by atoms with Crippen LogP contribution in [0.4, 0.5) is 0 Å². The maximum Gasteiger partial charge on any atom is 0.303 e. The quantitative estimate of drug-likeness (QED) is 0.228. The Labute approximate surface area is 157 Å². The number of rotatable bonds is 20. The van der Waals surface area contributed by atoms with Crippen LogP contribution in [0.25, 0.3) is 0 Å². The van der Waals surface area contributed by atoms with E-state index in [0.717, 1.165) is 19.3 Å². The summed E-state index contributed by atoms with van der Waals surface area (Å²) in [6.45, 7) is 2.26. The predicted octanol–water partition coefficient (Wildman–Crippen LogP) is 7.89. The molecular weight excluding hydrogens is 296 g/mol. The molecule has 1 N–H and O–H groups in total. The molecule has 0 heterocycles. The molecule has 24 heavy (non-hydrogen) atoms. The molecule has 2 nitrogen and oxygen atoms in total. The van der Waals surface area contributed by atoms with E-state index in [9.17, 15) is 4.79 Å². The van der Waals surface area contributed by atoms with Crippen LogP contribution in [0.5, 0.6) is 0 Å². The molecule has 0 saturated heterocycles. The van der Waals surface area contributed by atoms with Gasteiger partial charge < -0.3 is 5.11 Å². The van der Waals surface area contributed by atoms with Crippen LogP contribution in [0.1, 0.15) is 141 Å². The van der Waals surface area contributed by atoms with Gasteiger partial charge in [0.05, 0.1) is 0 Å². The summed E-state index contributed by atoms with van der Waals surface area (Å²) in [6.07, 6.45) is 15.9. The second-order valence-corrected chi connectivity index (χ2v) is 7.01. The third-order valence-electron chi connectivity index (χ3n) is 4.60. The summed E-state index contributed by atoms with van der Waals surface area (Å²) in [4.78, 5) is 10.8. The van der Waals surface area contributed by atoms with E-state index in [1.807, 2.05) is 0 Å². The van der Waals surface area contributed by atoms with E-state index in [1.54, 1.807) is 0 Å². The molecule has 0 aliphatic carbocycles. The highest BCUT2D eigenvalue weighted by Crippen LogP contribution is 2.14. The lowest BCUT2D eigenvalue weighted by Gasteiger charge is -2.03. The van der Waals surface area contributed by atoms with E-state index in [-0.39, 0.29) is 6.42 Å². The molecule has 0 aromatic heterocycles. The molecule has 0 aromatic carbocycles. The molecule has 144 valence electrons. The van der Waals surface area contributed by atoms with Gasteiger partial charge in [-0.1, -0.05) is 122 Å². The van der Waals surface area contributed by atoms with Crippen molar-refractivity contribution >= 4 is 5.97 Å². The van der Waals surface area contributed by atoms with Crippen molar-refractivity contribution in [1.82, 2.24) is 0 Å². The third-order valence-corrected chi connectivity index (χ3v) is 4.60. The Hall–Kier alpha value is -0.530. The molecule has 0 aliphatic heterocycles. The van der Waals surface area contributed by atoms with Crippen molar-refractivity contribution in [2.75, 3.05) is 0 Å². The Kier molecular flexibility index (Phi) is 14.5. The van der Waals surface area contributed by atoms with Crippen molar-refractivity contribution in [2.45, 2.75) is 135 Å². The largest absolute Gasteiger partial charge is 0.481 e. The lowest BCUT2D eigenvalue weighted by molar-refractivity contribution is -0.137. The van der Waals surface area contributed by atoms with Crippen LogP contribution in [-0.4, -0.2) is 11.1 Å². The van der Waals surface area contributed by atoms with Crippen LogP contribution in [-0.2, 0) is 4.79 Å². The van der Waals surface area contributed by atoms with E-state index in [0.29, 0.717) is 6.42 Å². The first-order chi connectivity index (χ1) is 13.3. The van der Waals surface area contributed by atoms with Crippen molar-refractivity contribution < 1.29 is 15.4 Å². The van der Waals surface area contributed by atoms with Gasteiger partial charge in [-0.2, -0.15) is 0 Å². The Balaban J connectivity index is 3.37. The number of aliphatic carboxylic acids is 1. The molecule has 2 heteroatoms. The topological polar surface area (TPSA) is 37.3 Å². The second kappa shape index (κ2) is 20.5. The highest BCUT2D eigenvalue weighted by atomic mass is 16.4. The van der Waals surface area contributed by atoms with Gasteiger partial charge in [0.2, 0.25) is 0 Å². The number of carbonyl (C=O) groups is 1. The highest BCUT2D eigenvalue weighted by Gasteiger charge is 1.97. The van der Waals surface area contributed by atoms with Crippen LogP contribution < -0.4 is 0 Å². The Bertz CT molecular complexity index is 387. The molecule has 0 radical (unpaired) electrons. The molecule has 0 bridgehead atoms. The Morgan fingerprint density at radius 1 is 0.625 bits per heavy atom. The van der Waals surface area contributed by atoms with Gasteiger partial charge in [-0.15, -0.1) is 0 Å². The van der Waals surface area contributed by atoms with Gasteiger partial charge >= 0.3 is 5.97 Å². The van der Waals surface area contributed by atoms with Crippen molar-refractivity contribution in [3.05, 3.63) is 0 Å². The van der Waals surface area contributed by atoms with Gasteiger partial charge in [-0.05, 0) is 6.37 Å². The van der Waals surface area contributed by atoms with Crippen LogP contribution in [0, 0.1) is 0 Å².